The highest BCUT2D eigenvalue weighted by atomic mass is 19.3. The van der Waals surface area contributed by atoms with E-state index in [1.807, 2.05) is 34.9 Å². The van der Waals surface area contributed by atoms with Crippen LogP contribution in [0, 0.1) is 0 Å². The van der Waals surface area contributed by atoms with E-state index < -0.39 is 6.61 Å². The molecule has 2 aromatic heterocycles. The Labute approximate surface area is 233 Å². The average Bonchev–Trinajstić information content (AvgIpc) is 3.56. The third-order valence-electron chi connectivity index (χ3n) is 6.77. The van der Waals surface area contributed by atoms with E-state index in [0.717, 1.165) is 22.3 Å². The quantitative estimate of drug-likeness (QED) is 0.259. The van der Waals surface area contributed by atoms with E-state index in [2.05, 4.69) is 4.98 Å². The van der Waals surface area contributed by atoms with Crippen molar-refractivity contribution in [2.24, 2.45) is 0 Å². The van der Waals surface area contributed by atoms with Crippen molar-refractivity contribution in [1.82, 2.24) is 14.5 Å². The number of ether oxygens (including phenoxy) is 2. The molecule has 3 aromatic carbocycles. The van der Waals surface area contributed by atoms with Crippen LogP contribution in [0.1, 0.15) is 11.4 Å². The van der Waals surface area contributed by atoms with Gasteiger partial charge in [-0.1, -0.05) is 36.4 Å². The van der Waals surface area contributed by atoms with Crippen LogP contribution in [0.3, 0.4) is 0 Å². The molecule has 0 atom stereocenters. The van der Waals surface area contributed by atoms with Crippen LogP contribution in [0.25, 0.3) is 22.2 Å². The van der Waals surface area contributed by atoms with Gasteiger partial charge in [0.15, 0.2) is 0 Å². The number of hydrogen-bond acceptors (Lipinski definition) is 5. The standard InChI is InChI=1S/C31H24F2N4O4/c32-31(33)41-27-8-2-1-5-22(27)18-37-26-15-20(21-11-13-29(38)34-17-21)10-12-25(26)35-28(37)19-40-24-7-3-6-23(16-24)36-14-4-9-30(36)39/h1-13,15-17,31H,14,18-19H2,(H,34,38). The lowest BCUT2D eigenvalue weighted by Gasteiger charge is -2.17. The van der Waals surface area contributed by atoms with Gasteiger partial charge in [-0.2, -0.15) is 8.78 Å². The molecule has 1 amide bonds. The van der Waals surface area contributed by atoms with Gasteiger partial charge in [-0.15, -0.1) is 0 Å². The van der Waals surface area contributed by atoms with E-state index >= 15 is 0 Å². The molecular weight excluding hydrogens is 530 g/mol. The van der Waals surface area contributed by atoms with Gasteiger partial charge in [-0.3, -0.25) is 9.59 Å². The number of carbonyl (C=O) groups excluding carboxylic acids is 1. The van der Waals surface area contributed by atoms with Gasteiger partial charge in [0.25, 0.3) is 5.91 Å². The van der Waals surface area contributed by atoms with Crippen LogP contribution in [-0.4, -0.2) is 33.6 Å². The molecule has 1 N–H and O–H groups in total. The monoisotopic (exact) mass is 554 g/mol. The number of fused-ring (bicyclic) bond motifs is 1. The molecule has 3 heterocycles. The highest BCUT2D eigenvalue weighted by molar-refractivity contribution is 6.04. The van der Waals surface area contributed by atoms with Gasteiger partial charge in [-0.25, -0.2) is 4.98 Å². The van der Waals surface area contributed by atoms with Crippen molar-refractivity contribution >= 4 is 22.6 Å². The maximum absolute atomic E-state index is 13.1. The number of benzene rings is 3. The zero-order valence-electron chi connectivity index (χ0n) is 21.7. The van der Waals surface area contributed by atoms with Gasteiger partial charge in [0.1, 0.15) is 23.9 Å². The van der Waals surface area contributed by atoms with Crippen LogP contribution in [0.4, 0.5) is 14.5 Å². The third-order valence-corrected chi connectivity index (χ3v) is 6.77. The molecule has 0 saturated carbocycles. The Morgan fingerprint density at radius 1 is 0.951 bits per heavy atom. The largest absolute Gasteiger partial charge is 0.486 e. The second-order valence-corrected chi connectivity index (χ2v) is 9.38. The second-order valence-electron chi connectivity index (χ2n) is 9.38. The molecule has 41 heavy (non-hydrogen) atoms. The van der Waals surface area contributed by atoms with E-state index in [0.29, 0.717) is 29.2 Å². The smallest absolute Gasteiger partial charge is 0.387 e. The van der Waals surface area contributed by atoms with Crippen LogP contribution in [0.5, 0.6) is 11.5 Å². The first-order valence-corrected chi connectivity index (χ1v) is 12.9. The predicted octanol–water partition coefficient (Wildman–Crippen LogP) is 5.52. The minimum atomic E-state index is -2.96. The van der Waals surface area contributed by atoms with Crippen LogP contribution >= 0.6 is 0 Å². The van der Waals surface area contributed by atoms with Crippen LogP contribution in [0.15, 0.2) is 102 Å². The van der Waals surface area contributed by atoms with Gasteiger partial charge < -0.3 is 23.9 Å². The molecule has 1 aliphatic heterocycles. The number of amides is 1. The minimum Gasteiger partial charge on any atom is -0.486 e. The molecule has 5 aromatic rings. The van der Waals surface area contributed by atoms with E-state index in [9.17, 15) is 18.4 Å². The summed E-state index contributed by atoms with van der Waals surface area (Å²) in [6.45, 7) is -2.19. The summed E-state index contributed by atoms with van der Waals surface area (Å²) >= 11 is 0. The first-order valence-electron chi connectivity index (χ1n) is 12.9. The molecule has 0 spiro atoms. The maximum atomic E-state index is 13.1. The van der Waals surface area contributed by atoms with Crippen molar-refractivity contribution in [3.63, 3.8) is 0 Å². The maximum Gasteiger partial charge on any atom is 0.387 e. The molecule has 1 aliphatic rings. The number of halogens is 2. The fourth-order valence-corrected chi connectivity index (χ4v) is 4.81. The summed E-state index contributed by atoms with van der Waals surface area (Å²) in [6.07, 6.45) is 4.97. The van der Waals surface area contributed by atoms with E-state index in [4.69, 9.17) is 14.5 Å². The Morgan fingerprint density at radius 2 is 1.80 bits per heavy atom. The van der Waals surface area contributed by atoms with Crippen molar-refractivity contribution < 1.29 is 23.0 Å². The van der Waals surface area contributed by atoms with E-state index in [1.54, 1.807) is 53.6 Å². The molecule has 0 radical (unpaired) electrons. The zero-order chi connectivity index (χ0) is 28.3. The highest BCUT2D eigenvalue weighted by Gasteiger charge is 2.19. The lowest BCUT2D eigenvalue weighted by Crippen LogP contribution is -2.24. The number of rotatable bonds is 9. The SMILES string of the molecule is O=C1C=CCN1c1cccc(OCc2nc3ccc(-c4ccc(=O)[nH]c4)cc3n2Cc2ccccc2OC(F)F)c1. The van der Waals surface area contributed by atoms with Crippen LogP contribution < -0.4 is 19.9 Å². The number of nitrogens with zero attached hydrogens (tertiary/aromatic N) is 3. The molecule has 0 fully saturated rings. The topological polar surface area (TPSA) is 89.5 Å². The van der Waals surface area contributed by atoms with Crippen LogP contribution in [0.2, 0.25) is 0 Å². The number of anilines is 1. The Bertz CT molecular complexity index is 1810. The molecule has 0 unspecified atom stereocenters. The Kier molecular flexibility index (Phi) is 7.03. The van der Waals surface area contributed by atoms with E-state index in [-0.39, 0.29) is 30.4 Å². The number of hydrogen-bond donors (Lipinski definition) is 1. The number of aromatic nitrogens is 3. The summed E-state index contributed by atoms with van der Waals surface area (Å²) < 4.78 is 39.1. The molecular formula is C31H24F2N4O4. The van der Waals surface area contributed by atoms with Crippen LogP contribution in [-0.2, 0) is 17.9 Å². The number of nitrogens with one attached hydrogen (secondary N) is 1. The van der Waals surface area contributed by atoms with Gasteiger partial charge >= 0.3 is 6.61 Å². The molecule has 6 rings (SSSR count). The lowest BCUT2D eigenvalue weighted by atomic mass is 10.1. The molecule has 0 bridgehead atoms. The Balaban J connectivity index is 1.37. The third kappa shape index (κ3) is 5.58. The first kappa shape index (κ1) is 26.0. The van der Waals surface area contributed by atoms with Crippen molar-refractivity contribution in [2.75, 3.05) is 11.4 Å². The fraction of sp³-hybridized carbons (Fsp3) is 0.129. The second kappa shape index (κ2) is 11.1. The van der Waals surface area contributed by atoms with Crippen molar-refractivity contribution in [1.29, 1.82) is 0 Å². The molecule has 206 valence electrons. The number of pyridine rings is 1. The first-order chi connectivity index (χ1) is 19.9. The predicted molar refractivity (Wildman–Crippen MR) is 150 cm³/mol. The normalized spacial score (nSPS) is 13.0. The van der Waals surface area contributed by atoms with Crippen molar-refractivity contribution in [3.8, 4) is 22.6 Å². The number of imidazole rings is 1. The number of alkyl halides is 2. The summed E-state index contributed by atoms with van der Waals surface area (Å²) in [5.41, 5.74) is 4.15. The summed E-state index contributed by atoms with van der Waals surface area (Å²) in [6, 6.07) is 22.7. The highest BCUT2D eigenvalue weighted by Crippen LogP contribution is 2.29. The number of para-hydroxylation sites is 1. The molecule has 10 heteroatoms. The number of carbonyl (C=O) groups is 1. The number of H-pyrrole nitrogens is 1. The van der Waals surface area contributed by atoms with Gasteiger partial charge in [-0.05, 0) is 47.5 Å². The molecule has 0 saturated heterocycles. The van der Waals surface area contributed by atoms with Gasteiger partial charge in [0.2, 0.25) is 5.56 Å². The molecule has 8 nitrogen and oxygen atoms in total. The van der Waals surface area contributed by atoms with Gasteiger partial charge in [0.05, 0.1) is 17.6 Å². The summed E-state index contributed by atoms with van der Waals surface area (Å²) in [5, 5.41) is 0. The fourth-order valence-electron chi connectivity index (χ4n) is 4.81. The summed E-state index contributed by atoms with van der Waals surface area (Å²) in [4.78, 5) is 32.8. The number of aromatic amines is 1. The minimum absolute atomic E-state index is 0.0737. The zero-order valence-corrected chi connectivity index (χ0v) is 21.7. The molecule has 0 aliphatic carbocycles. The van der Waals surface area contributed by atoms with Crippen molar-refractivity contribution in [3.05, 3.63) is 119 Å². The Morgan fingerprint density at radius 3 is 2.59 bits per heavy atom. The van der Waals surface area contributed by atoms with Gasteiger partial charge in [0, 0.05) is 42.2 Å². The summed E-state index contributed by atoms with van der Waals surface area (Å²) in [5.74, 6) is 1.10. The average molecular weight is 555 g/mol. The summed E-state index contributed by atoms with van der Waals surface area (Å²) in [7, 11) is 0. The lowest BCUT2D eigenvalue weighted by molar-refractivity contribution is -0.113. The Hall–Kier alpha value is -5.25. The van der Waals surface area contributed by atoms with E-state index in [1.165, 1.54) is 18.2 Å². The van der Waals surface area contributed by atoms with Crippen molar-refractivity contribution in [2.45, 2.75) is 19.8 Å².